The Morgan fingerprint density at radius 2 is 1.78 bits per heavy atom. The molecule has 37 heavy (non-hydrogen) atoms. The molecular formula is C27H26ClN5O4. The van der Waals surface area contributed by atoms with Crippen LogP contribution < -0.4 is 9.80 Å². The minimum atomic E-state index is -0.969. The van der Waals surface area contributed by atoms with Gasteiger partial charge in [0, 0.05) is 48.2 Å². The van der Waals surface area contributed by atoms with E-state index in [0.29, 0.717) is 22.1 Å². The average Bonchev–Trinajstić information content (AvgIpc) is 3.17. The fraction of sp³-hybridized carbons (Fsp3) is 0.333. The molecule has 4 aromatic rings. The highest BCUT2D eigenvalue weighted by Crippen LogP contribution is 2.46. The van der Waals surface area contributed by atoms with Gasteiger partial charge in [-0.2, -0.15) is 0 Å². The third kappa shape index (κ3) is 3.94. The Morgan fingerprint density at radius 1 is 1.05 bits per heavy atom. The van der Waals surface area contributed by atoms with Crippen LogP contribution in [0.3, 0.4) is 0 Å². The van der Waals surface area contributed by atoms with Crippen LogP contribution in [0.2, 0.25) is 5.02 Å². The molecule has 1 spiro atoms. The van der Waals surface area contributed by atoms with Crippen molar-refractivity contribution in [2.24, 2.45) is 11.3 Å². The first-order valence-electron chi connectivity index (χ1n) is 12.2. The molecule has 2 fully saturated rings. The van der Waals surface area contributed by atoms with Crippen molar-refractivity contribution in [2.45, 2.75) is 19.8 Å². The summed E-state index contributed by atoms with van der Waals surface area (Å²) in [7, 11) is 0. The number of aromatic nitrogens is 3. The van der Waals surface area contributed by atoms with Gasteiger partial charge in [0.05, 0.1) is 11.2 Å². The monoisotopic (exact) mass is 519 g/mol. The van der Waals surface area contributed by atoms with E-state index in [1.807, 2.05) is 44.2 Å². The number of para-hydroxylation sites is 1. The summed E-state index contributed by atoms with van der Waals surface area (Å²) < 4.78 is 5.39. The Labute approximate surface area is 218 Å². The van der Waals surface area contributed by atoms with Crippen molar-refractivity contribution in [1.82, 2.24) is 15.4 Å². The SMILES string of the molecule is CC(C)C(C(=O)O)c1onc(N2CC3(CN(c4ccc5cc(-c6ccccc6O)nnc5c4)C3)C2)c1Cl. The second-order valence-corrected chi connectivity index (χ2v) is 10.8. The summed E-state index contributed by atoms with van der Waals surface area (Å²) in [6.45, 7) is 7.00. The van der Waals surface area contributed by atoms with Gasteiger partial charge in [-0.1, -0.05) is 48.8 Å². The van der Waals surface area contributed by atoms with Crippen molar-refractivity contribution < 1.29 is 19.5 Å². The molecule has 2 aromatic heterocycles. The molecular weight excluding hydrogens is 494 g/mol. The average molecular weight is 520 g/mol. The number of aliphatic carboxylic acids is 1. The Kier molecular flexibility index (Phi) is 5.49. The first kappa shape index (κ1) is 23.5. The number of carboxylic acid groups (broad SMARTS) is 1. The molecule has 2 aromatic carbocycles. The molecule has 1 atom stereocenters. The summed E-state index contributed by atoms with van der Waals surface area (Å²) in [4.78, 5) is 16.0. The smallest absolute Gasteiger partial charge is 0.314 e. The maximum Gasteiger partial charge on any atom is 0.314 e. The van der Waals surface area contributed by atoms with E-state index in [4.69, 9.17) is 16.1 Å². The van der Waals surface area contributed by atoms with E-state index in [0.717, 1.165) is 42.8 Å². The number of fused-ring (bicyclic) bond motifs is 1. The number of hydrogen-bond donors (Lipinski definition) is 2. The number of benzene rings is 2. The molecule has 0 saturated carbocycles. The first-order chi connectivity index (χ1) is 17.7. The normalized spacial score (nSPS) is 17.2. The molecule has 2 aliphatic heterocycles. The minimum absolute atomic E-state index is 0.141. The zero-order valence-corrected chi connectivity index (χ0v) is 21.2. The van der Waals surface area contributed by atoms with Crippen molar-refractivity contribution in [3.05, 3.63) is 59.3 Å². The lowest BCUT2D eigenvalue weighted by atomic mass is 9.72. The van der Waals surface area contributed by atoms with Crippen molar-refractivity contribution in [3.8, 4) is 17.0 Å². The Morgan fingerprint density at radius 3 is 2.49 bits per heavy atom. The maximum atomic E-state index is 11.7. The number of aromatic hydroxyl groups is 1. The predicted molar refractivity (Wildman–Crippen MR) is 140 cm³/mol. The molecule has 0 amide bonds. The van der Waals surface area contributed by atoms with Crippen molar-refractivity contribution in [3.63, 3.8) is 0 Å². The lowest BCUT2D eigenvalue weighted by Gasteiger charge is -2.61. The van der Waals surface area contributed by atoms with Gasteiger partial charge in [-0.3, -0.25) is 4.79 Å². The second kappa shape index (κ2) is 8.62. The van der Waals surface area contributed by atoms with Crippen LogP contribution in [0.15, 0.2) is 53.1 Å². The second-order valence-electron chi connectivity index (χ2n) is 10.4. The number of carboxylic acids is 1. The third-order valence-electron chi connectivity index (χ3n) is 7.38. The molecule has 2 N–H and O–H groups in total. The highest BCUT2D eigenvalue weighted by molar-refractivity contribution is 6.33. The number of phenolic OH excluding ortho intramolecular Hbond substituents is 1. The number of halogens is 1. The fourth-order valence-electron chi connectivity index (χ4n) is 5.48. The summed E-state index contributed by atoms with van der Waals surface area (Å²) in [5.74, 6) is -1.04. The number of carbonyl (C=O) groups is 1. The van der Waals surface area contributed by atoms with Gasteiger partial charge < -0.3 is 24.5 Å². The van der Waals surface area contributed by atoms with Gasteiger partial charge in [0.1, 0.15) is 16.7 Å². The van der Waals surface area contributed by atoms with Crippen LogP contribution in [-0.4, -0.2) is 57.7 Å². The van der Waals surface area contributed by atoms with Gasteiger partial charge in [0.25, 0.3) is 0 Å². The van der Waals surface area contributed by atoms with Gasteiger partial charge in [-0.15, -0.1) is 10.2 Å². The zero-order valence-electron chi connectivity index (χ0n) is 20.4. The third-order valence-corrected chi connectivity index (χ3v) is 7.74. The zero-order chi connectivity index (χ0) is 25.9. The van der Waals surface area contributed by atoms with E-state index in [2.05, 4.69) is 31.2 Å². The van der Waals surface area contributed by atoms with Crippen LogP contribution in [0.25, 0.3) is 22.2 Å². The molecule has 1 unspecified atom stereocenters. The van der Waals surface area contributed by atoms with Gasteiger partial charge in [-0.05, 0) is 36.2 Å². The van der Waals surface area contributed by atoms with Crippen LogP contribution in [0.1, 0.15) is 25.5 Å². The predicted octanol–water partition coefficient (Wildman–Crippen LogP) is 4.79. The van der Waals surface area contributed by atoms with Crippen molar-refractivity contribution in [2.75, 3.05) is 36.0 Å². The van der Waals surface area contributed by atoms with Gasteiger partial charge in [0.2, 0.25) is 0 Å². The van der Waals surface area contributed by atoms with Crippen LogP contribution in [0.5, 0.6) is 5.75 Å². The fourth-order valence-corrected chi connectivity index (χ4v) is 5.78. The van der Waals surface area contributed by atoms with Gasteiger partial charge in [0.15, 0.2) is 11.6 Å². The highest BCUT2D eigenvalue weighted by atomic mass is 35.5. The summed E-state index contributed by atoms with van der Waals surface area (Å²) in [5.41, 5.74) is 3.31. The summed E-state index contributed by atoms with van der Waals surface area (Å²) >= 11 is 6.51. The summed E-state index contributed by atoms with van der Waals surface area (Å²) in [6.07, 6.45) is 0. The molecule has 0 aliphatic carbocycles. The van der Waals surface area contributed by atoms with Crippen LogP contribution in [0.4, 0.5) is 11.5 Å². The number of nitrogens with zero attached hydrogens (tertiary/aromatic N) is 5. The molecule has 9 nitrogen and oxygen atoms in total. The molecule has 2 saturated heterocycles. The molecule has 190 valence electrons. The lowest BCUT2D eigenvalue weighted by molar-refractivity contribution is -0.140. The summed E-state index contributed by atoms with van der Waals surface area (Å²) in [6, 6.07) is 15.2. The number of anilines is 2. The van der Waals surface area contributed by atoms with Gasteiger partial charge in [-0.25, -0.2) is 0 Å². The largest absolute Gasteiger partial charge is 0.507 e. The van der Waals surface area contributed by atoms with E-state index in [1.54, 1.807) is 12.1 Å². The van der Waals surface area contributed by atoms with Crippen LogP contribution in [0, 0.1) is 11.3 Å². The van der Waals surface area contributed by atoms with E-state index in [9.17, 15) is 15.0 Å². The molecule has 6 rings (SSSR count). The van der Waals surface area contributed by atoms with E-state index < -0.39 is 11.9 Å². The van der Waals surface area contributed by atoms with Crippen LogP contribution >= 0.6 is 11.6 Å². The molecule has 0 bridgehead atoms. The summed E-state index contributed by atoms with van der Waals surface area (Å²) in [5, 5.41) is 33.8. The van der Waals surface area contributed by atoms with Gasteiger partial charge >= 0.3 is 5.97 Å². The molecule has 10 heteroatoms. The van der Waals surface area contributed by atoms with E-state index in [-0.39, 0.29) is 22.8 Å². The van der Waals surface area contributed by atoms with E-state index in [1.165, 1.54) is 0 Å². The molecule has 4 heterocycles. The van der Waals surface area contributed by atoms with Crippen LogP contribution in [-0.2, 0) is 4.79 Å². The molecule has 0 radical (unpaired) electrons. The van der Waals surface area contributed by atoms with Crippen molar-refractivity contribution in [1.29, 1.82) is 0 Å². The first-order valence-corrected chi connectivity index (χ1v) is 12.6. The molecule has 2 aliphatic rings. The number of rotatable bonds is 6. The minimum Gasteiger partial charge on any atom is -0.507 e. The Balaban J connectivity index is 1.12. The highest BCUT2D eigenvalue weighted by Gasteiger charge is 2.53. The standard InChI is InChI=1S/C27H26ClN5O4/c1-15(2)22(26(35)36)24-23(28)25(31-37-24)33-13-27(14-33)11-32(12-27)17-8-7-16-9-20(30-29-19(16)10-17)18-5-3-4-6-21(18)34/h3-10,15,22,34H,11-14H2,1-2H3,(H,35,36). The Hall–Kier alpha value is -3.85. The number of phenols is 1. The topological polar surface area (TPSA) is 116 Å². The lowest BCUT2D eigenvalue weighted by Crippen LogP contribution is -2.72. The van der Waals surface area contributed by atoms with E-state index >= 15 is 0 Å². The Bertz CT molecular complexity index is 1510. The van der Waals surface area contributed by atoms with Crippen molar-refractivity contribution >= 4 is 40.0 Å². The number of hydrogen-bond acceptors (Lipinski definition) is 8. The maximum absolute atomic E-state index is 11.7. The quantitative estimate of drug-likeness (QED) is 0.370.